The van der Waals surface area contributed by atoms with Crippen LogP contribution in [0, 0.1) is 0 Å². The van der Waals surface area contributed by atoms with Crippen molar-refractivity contribution in [2.24, 2.45) is 5.73 Å². The summed E-state index contributed by atoms with van der Waals surface area (Å²) in [5.41, 5.74) is 6.21. The molecule has 0 fully saturated rings. The van der Waals surface area contributed by atoms with Crippen LogP contribution in [0.25, 0.3) is 0 Å². The molecule has 8 heteroatoms. The van der Waals surface area contributed by atoms with Crippen molar-refractivity contribution in [2.45, 2.75) is 32.4 Å². The minimum Gasteiger partial charge on any atom is -0.485 e. The molecule has 126 valence electrons. The molecule has 7 nitrogen and oxygen atoms in total. The van der Waals surface area contributed by atoms with E-state index in [2.05, 4.69) is 14.9 Å². The number of esters is 1. The van der Waals surface area contributed by atoms with E-state index in [0.717, 1.165) is 0 Å². The van der Waals surface area contributed by atoms with Crippen molar-refractivity contribution < 1.29 is 18.8 Å². The summed E-state index contributed by atoms with van der Waals surface area (Å²) in [4.78, 5) is 15.7. The van der Waals surface area contributed by atoms with Gasteiger partial charge in [0.15, 0.2) is 6.61 Å². The molecule has 1 aromatic carbocycles. The molecule has 1 heterocycles. The molecule has 0 amide bonds. The van der Waals surface area contributed by atoms with Crippen LogP contribution in [0.15, 0.2) is 28.8 Å². The van der Waals surface area contributed by atoms with Gasteiger partial charge in [-0.3, -0.25) is 0 Å². The summed E-state index contributed by atoms with van der Waals surface area (Å²) < 4.78 is 15.4. The zero-order chi connectivity index (χ0) is 16.1. The first-order valence-corrected chi connectivity index (χ1v) is 6.90. The van der Waals surface area contributed by atoms with E-state index in [1.54, 1.807) is 24.3 Å². The lowest BCUT2D eigenvalue weighted by Gasteiger charge is -2.09. The molecule has 0 aliphatic rings. The van der Waals surface area contributed by atoms with Crippen molar-refractivity contribution in [3.05, 3.63) is 41.5 Å². The molecule has 2 N–H and O–H groups in total. The van der Waals surface area contributed by atoms with Crippen LogP contribution in [0.4, 0.5) is 0 Å². The van der Waals surface area contributed by atoms with Crippen molar-refractivity contribution in [1.29, 1.82) is 0 Å². The molecule has 0 bridgehead atoms. The number of hydrogen-bond acceptors (Lipinski definition) is 7. The van der Waals surface area contributed by atoms with Crippen molar-refractivity contribution >= 4 is 18.4 Å². The number of benzene rings is 1. The SMILES string of the molecule is COC(=O)c1cccc(OCc2noc(C(C)C(C)N)n2)c1.Cl. The molecule has 2 aromatic rings. The monoisotopic (exact) mass is 341 g/mol. The van der Waals surface area contributed by atoms with E-state index in [1.807, 2.05) is 13.8 Å². The van der Waals surface area contributed by atoms with Gasteiger partial charge in [-0.25, -0.2) is 4.79 Å². The van der Waals surface area contributed by atoms with Crippen molar-refractivity contribution in [3.63, 3.8) is 0 Å². The predicted octanol–water partition coefficient (Wildman–Crippen LogP) is 2.31. The molecule has 0 aliphatic carbocycles. The number of ether oxygens (including phenoxy) is 2. The normalized spacial score (nSPS) is 12.9. The van der Waals surface area contributed by atoms with E-state index in [4.69, 9.17) is 15.0 Å². The number of methoxy groups -OCH3 is 1. The van der Waals surface area contributed by atoms with Gasteiger partial charge in [0.1, 0.15) is 5.75 Å². The van der Waals surface area contributed by atoms with Gasteiger partial charge in [0.25, 0.3) is 0 Å². The highest BCUT2D eigenvalue weighted by atomic mass is 35.5. The molecule has 2 unspecified atom stereocenters. The summed E-state index contributed by atoms with van der Waals surface area (Å²) in [5.74, 6) is 0.985. The maximum atomic E-state index is 11.5. The van der Waals surface area contributed by atoms with Crippen molar-refractivity contribution in [2.75, 3.05) is 7.11 Å². The second-order valence-electron chi connectivity index (χ2n) is 5.00. The molecule has 0 radical (unpaired) electrons. The van der Waals surface area contributed by atoms with Crippen LogP contribution in [0.1, 0.15) is 41.8 Å². The topological polar surface area (TPSA) is 100 Å². The van der Waals surface area contributed by atoms with Gasteiger partial charge >= 0.3 is 5.97 Å². The first kappa shape index (κ1) is 18.9. The fourth-order valence-corrected chi connectivity index (χ4v) is 1.71. The van der Waals surface area contributed by atoms with Gasteiger partial charge in [-0.15, -0.1) is 12.4 Å². The van der Waals surface area contributed by atoms with Crippen molar-refractivity contribution in [1.82, 2.24) is 10.1 Å². The van der Waals surface area contributed by atoms with Gasteiger partial charge < -0.3 is 19.7 Å². The molecule has 23 heavy (non-hydrogen) atoms. The van der Waals surface area contributed by atoms with E-state index in [9.17, 15) is 4.79 Å². The molecule has 1 aromatic heterocycles. The molecule has 2 rings (SSSR count). The van der Waals surface area contributed by atoms with E-state index < -0.39 is 5.97 Å². The average molecular weight is 342 g/mol. The highest BCUT2D eigenvalue weighted by molar-refractivity contribution is 5.89. The molecular weight excluding hydrogens is 322 g/mol. The zero-order valence-electron chi connectivity index (χ0n) is 13.2. The molecular formula is C15H20ClN3O4. The number of nitrogens with two attached hydrogens (primary N) is 1. The van der Waals surface area contributed by atoms with Gasteiger partial charge in [-0.1, -0.05) is 18.1 Å². The summed E-state index contributed by atoms with van der Waals surface area (Å²) in [6, 6.07) is 6.61. The van der Waals surface area contributed by atoms with Crippen LogP contribution in [0.3, 0.4) is 0 Å². The molecule has 0 saturated heterocycles. The third-order valence-corrected chi connectivity index (χ3v) is 3.29. The van der Waals surface area contributed by atoms with Gasteiger partial charge in [-0.05, 0) is 25.1 Å². The highest BCUT2D eigenvalue weighted by Gasteiger charge is 2.18. The minimum atomic E-state index is -0.418. The summed E-state index contributed by atoms with van der Waals surface area (Å²) in [6.45, 7) is 3.94. The lowest BCUT2D eigenvalue weighted by Crippen LogP contribution is -2.22. The van der Waals surface area contributed by atoms with Crippen LogP contribution in [-0.2, 0) is 11.3 Å². The molecule has 0 spiro atoms. The van der Waals surface area contributed by atoms with Gasteiger partial charge in [0.2, 0.25) is 11.7 Å². The standard InChI is InChI=1S/C15H19N3O4.ClH/c1-9(10(2)16)14-17-13(18-22-14)8-21-12-6-4-5-11(7-12)15(19)20-3;/h4-7,9-10H,8,16H2,1-3H3;1H. The number of nitrogens with zero attached hydrogens (tertiary/aromatic N) is 2. The second kappa shape index (κ2) is 8.50. The maximum absolute atomic E-state index is 11.5. The Bertz CT molecular complexity index is 645. The Morgan fingerprint density at radius 2 is 2.13 bits per heavy atom. The highest BCUT2D eigenvalue weighted by Crippen LogP contribution is 2.18. The van der Waals surface area contributed by atoms with E-state index in [0.29, 0.717) is 23.0 Å². The first-order chi connectivity index (χ1) is 10.5. The molecule has 0 aliphatic heterocycles. The zero-order valence-corrected chi connectivity index (χ0v) is 14.0. The van der Waals surface area contributed by atoms with Gasteiger partial charge in [-0.2, -0.15) is 4.98 Å². The number of halogens is 1. The maximum Gasteiger partial charge on any atom is 0.337 e. The Morgan fingerprint density at radius 1 is 1.39 bits per heavy atom. The van der Waals surface area contributed by atoms with Gasteiger partial charge in [0, 0.05) is 6.04 Å². The van der Waals surface area contributed by atoms with E-state index in [1.165, 1.54) is 7.11 Å². The Morgan fingerprint density at radius 3 is 2.78 bits per heavy atom. The fourth-order valence-electron chi connectivity index (χ4n) is 1.71. The molecule has 0 saturated carbocycles. The van der Waals surface area contributed by atoms with Crippen LogP contribution < -0.4 is 10.5 Å². The van der Waals surface area contributed by atoms with Crippen LogP contribution in [0.5, 0.6) is 5.75 Å². The quantitative estimate of drug-likeness (QED) is 0.804. The number of aromatic nitrogens is 2. The smallest absolute Gasteiger partial charge is 0.337 e. The lowest BCUT2D eigenvalue weighted by molar-refractivity contribution is 0.0600. The summed E-state index contributed by atoms with van der Waals surface area (Å²) >= 11 is 0. The largest absolute Gasteiger partial charge is 0.485 e. The third kappa shape index (κ3) is 4.94. The van der Waals surface area contributed by atoms with Crippen LogP contribution in [-0.4, -0.2) is 29.3 Å². The first-order valence-electron chi connectivity index (χ1n) is 6.90. The van der Waals surface area contributed by atoms with Gasteiger partial charge in [0.05, 0.1) is 18.6 Å². The summed E-state index contributed by atoms with van der Waals surface area (Å²) in [5, 5.41) is 3.85. The lowest BCUT2D eigenvalue weighted by atomic mass is 10.1. The Kier molecular flexibility index (Phi) is 6.99. The van der Waals surface area contributed by atoms with Crippen LogP contribution in [0.2, 0.25) is 0 Å². The minimum absolute atomic E-state index is 0. The predicted molar refractivity (Wildman–Crippen MR) is 85.7 cm³/mol. The Balaban J connectivity index is 0.00000264. The van der Waals surface area contributed by atoms with E-state index >= 15 is 0 Å². The Labute approximate surface area is 140 Å². The Hall–Kier alpha value is -2.12. The fraction of sp³-hybridized carbons (Fsp3) is 0.400. The van der Waals surface area contributed by atoms with Crippen LogP contribution >= 0.6 is 12.4 Å². The summed E-state index contributed by atoms with van der Waals surface area (Å²) in [7, 11) is 1.33. The second-order valence-corrected chi connectivity index (χ2v) is 5.00. The summed E-state index contributed by atoms with van der Waals surface area (Å²) in [6.07, 6.45) is 0. The third-order valence-electron chi connectivity index (χ3n) is 3.29. The molecule has 2 atom stereocenters. The number of hydrogen-bond donors (Lipinski definition) is 1. The number of carbonyl (C=O) groups is 1. The van der Waals surface area contributed by atoms with E-state index in [-0.39, 0.29) is 31.0 Å². The number of rotatable bonds is 6. The average Bonchev–Trinajstić information content (AvgIpc) is 3.00. The number of carbonyl (C=O) groups excluding carboxylic acids is 1. The van der Waals surface area contributed by atoms with Crippen molar-refractivity contribution in [3.8, 4) is 5.75 Å².